The van der Waals surface area contributed by atoms with Crippen molar-refractivity contribution in [3.05, 3.63) is 72.4 Å². The molecular formula is C19H17N5O3. The first-order chi connectivity index (χ1) is 13.1. The summed E-state index contributed by atoms with van der Waals surface area (Å²) >= 11 is 0. The number of H-pyrrole nitrogens is 1. The molecule has 1 atom stereocenters. The van der Waals surface area contributed by atoms with Crippen LogP contribution in [0.25, 0.3) is 11.3 Å². The highest BCUT2D eigenvalue weighted by atomic mass is 16.2. The summed E-state index contributed by atoms with van der Waals surface area (Å²) in [5.74, 6) is -2.56. The molecular weight excluding hydrogens is 346 g/mol. The van der Waals surface area contributed by atoms with Gasteiger partial charge in [-0.25, -0.2) is 4.98 Å². The third kappa shape index (κ3) is 4.24. The van der Waals surface area contributed by atoms with Crippen LogP contribution in [0.1, 0.15) is 16.1 Å². The number of pyridine rings is 1. The number of hydrogen-bond donors (Lipinski definition) is 3. The molecule has 3 rings (SSSR count). The van der Waals surface area contributed by atoms with Crippen molar-refractivity contribution in [3.63, 3.8) is 0 Å². The van der Waals surface area contributed by atoms with Gasteiger partial charge in [-0.1, -0.05) is 30.3 Å². The average molecular weight is 363 g/mol. The zero-order valence-electron chi connectivity index (χ0n) is 14.3. The Morgan fingerprint density at radius 2 is 1.78 bits per heavy atom. The van der Waals surface area contributed by atoms with E-state index in [0.29, 0.717) is 11.3 Å². The second-order valence-corrected chi connectivity index (χ2v) is 5.81. The summed E-state index contributed by atoms with van der Waals surface area (Å²) in [6, 6.07) is 11.4. The number of hydrogen-bond acceptors (Lipinski definition) is 5. The number of benzene rings is 1. The van der Waals surface area contributed by atoms with Gasteiger partial charge in [-0.15, -0.1) is 0 Å². The Balaban J connectivity index is 1.84. The Morgan fingerprint density at radius 3 is 2.44 bits per heavy atom. The van der Waals surface area contributed by atoms with Gasteiger partial charge in [-0.3, -0.25) is 19.4 Å². The van der Waals surface area contributed by atoms with E-state index in [2.05, 4.69) is 20.3 Å². The van der Waals surface area contributed by atoms with E-state index < -0.39 is 23.6 Å². The number of ketones is 1. The molecule has 0 saturated carbocycles. The number of imidazole rings is 1. The fourth-order valence-electron chi connectivity index (χ4n) is 2.66. The lowest BCUT2D eigenvalue weighted by Crippen LogP contribution is -2.47. The number of nitrogens with one attached hydrogen (secondary N) is 2. The van der Waals surface area contributed by atoms with Crippen LogP contribution in [-0.2, 0) is 16.0 Å². The maximum Gasteiger partial charge on any atom is 0.287 e. The van der Waals surface area contributed by atoms with E-state index in [0.717, 1.165) is 5.56 Å². The molecule has 0 fully saturated rings. The molecule has 1 aromatic carbocycles. The first-order valence-electron chi connectivity index (χ1n) is 8.18. The van der Waals surface area contributed by atoms with Gasteiger partial charge in [0.2, 0.25) is 5.78 Å². The van der Waals surface area contributed by atoms with Crippen molar-refractivity contribution in [3.8, 4) is 11.3 Å². The van der Waals surface area contributed by atoms with Crippen molar-refractivity contribution in [1.29, 1.82) is 0 Å². The van der Waals surface area contributed by atoms with Gasteiger partial charge in [0.05, 0.1) is 12.0 Å². The molecule has 2 heterocycles. The van der Waals surface area contributed by atoms with Gasteiger partial charge in [-0.2, -0.15) is 0 Å². The molecule has 0 aliphatic heterocycles. The zero-order chi connectivity index (χ0) is 19.2. The Bertz CT molecular complexity index is 954. The molecule has 0 bridgehead atoms. The van der Waals surface area contributed by atoms with Gasteiger partial charge in [0.1, 0.15) is 6.04 Å². The number of aromatic amines is 1. The zero-order valence-corrected chi connectivity index (χ0v) is 14.3. The molecule has 0 aliphatic carbocycles. The van der Waals surface area contributed by atoms with Crippen LogP contribution >= 0.6 is 0 Å². The Morgan fingerprint density at radius 1 is 1.07 bits per heavy atom. The van der Waals surface area contributed by atoms with Crippen molar-refractivity contribution >= 4 is 17.6 Å². The molecule has 0 radical (unpaired) electrons. The summed E-state index contributed by atoms with van der Waals surface area (Å²) in [5, 5.41) is 2.57. The lowest BCUT2D eigenvalue weighted by molar-refractivity contribution is -0.137. The Hall–Kier alpha value is -3.81. The van der Waals surface area contributed by atoms with E-state index in [-0.39, 0.29) is 12.1 Å². The van der Waals surface area contributed by atoms with Gasteiger partial charge in [0.25, 0.3) is 11.8 Å². The largest absolute Gasteiger partial charge is 0.363 e. The normalized spacial score (nSPS) is 11.6. The maximum absolute atomic E-state index is 12.7. The minimum atomic E-state index is -1.10. The summed E-state index contributed by atoms with van der Waals surface area (Å²) in [6.07, 6.45) is 4.70. The fourth-order valence-corrected chi connectivity index (χ4v) is 2.66. The lowest BCUT2D eigenvalue weighted by Gasteiger charge is -2.16. The summed E-state index contributed by atoms with van der Waals surface area (Å²) in [6.45, 7) is 0. The van der Waals surface area contributed by atoms with Gasteiger partial charge >= 0.3 is 0 Å². The molecule has 2 amide bonds. The van der Waals surface area contributed by atoms with Crippen LogP contribution in [0.3, 0.4) is 0 Å². The summed E-state index contributed by atoms with van der Waals surface area (Å²) in [7, 11) is 0. The van der Waals surface area contributed by atoms with Crippen molar-refractivity contribution in [2.75, 3.05) is 0 Å². The van der Waals surface area contributed by atoms with Gasteiger partial charge in [0, 0.05) is 24.4 Å². The molecule has 2 aromatic heterocycles. The van der Waals surface area contributed by atoms with E-state index in [9.17, 15) is 14.4 Å². The second kappa shape index (κ2) is 8.05. The highest BCUT2D eigenvalue weighted by Crippen LogP contribution is 2.19. The SMILES string of the molecule is NC(=O)C(=O)C(Cc1ccccc1)NC(=O)c1nc[nH]c1-c1ccncc1. The number of aromatic nitrogens is 3. The molecule has 4 N–H and O–H groups in total. The second-order valence-electron chi connectivity index (χ2n) is 5.81. The predicted molar refractivity (Wildman–Crippen MR) is 97.4 cm³/mol. The van der Waals surface area contributed by atoms with Crippen LogP contribution in [0, 0.1) is 0 Å². The van der Waals surface area contributed by atoms with Crippen LogP contribution in [0.2, 0.25) is 0 Å². The molecule has 8 nitrogen and oxygen atoms in total. The van der Waals surface area contributed by atoms with E-state index in [1.807, 2.05) is 6.07 Å². The number of amides is 2. The minimum absolute atomic E-state index is 0.108. The standard InChI is InChI=1S/C19H17N5O3/c20-18(26)17(25)14(10-12-4-2-1-3-5-12)24-19(27)16-15(22-11-23-16)13-6-8-21-9-7-13/h1-9,11,14H,10H2,(H2,20,26)(H,22,23)(H,24,27). The number of rotatable bonds is 7. The molecule has 3 aromatic rings. The number of nitrogens with two attached hydrogens (primary N) is 1. The van der Waals surface area contributed by atoms with E-state index in [1.54, 1.807) is 48.8 Å². The van der Waals surface area contributed by atoms with E-state index >= 15 is 0 Å². The monoisotopic (exact) mass is 363 g/mol. The number of Topliss-reactive ketones (excluding diaryl/α,β-unsaturated/α-hetero) is 1. The van der Waals surface area contributed by atoms with E-state index in [4.69, 9.17) is 5.73 Å². The Labute approximate surface area is 154 Å². The topological polar surface area (TPSA) is 131 Å². The molecule has 27 heavy (non-hydrogen) atoms. The average Bonchev–Trinajstić information content (AvgIpc) is 3.18. The van der Waals surface area contributed by atoms with Gasteiger partial charge in [-0.05, 0) is 17.7 Å². The van der Waals surface area contributed by atoms with Crippen LogP contribution in [0.4, 0.5) is 0 Å². The number of carbonyl (C=O) groups is 3. The fraction of sp³-hybridized carbons (Fsp3) is 0.105. The molecule has 0 saturated heterocycles. The summed E-state index contributed by atoms with van der Waals surface area (Å²) in [4.78, 5) is 47.2. The van der Waals surface area contributed by atoms with Crippen molar-refractivity contribution < 1.29 is 14.4 Å². The quantitative estimate of drug-likeness (QED) is 0.536. The van der Waals surface area contributed by atoms with Crippen LogP contribution in [-0.4, -0.2) is 38.6 Å². The number of carbonyl (C=O) groups excluding carboxylic acids is 3. The summed E-state index contributed by atoms with van der Waals surface area (Å²) < 4.78 is 0. The van der Waals surface area contributed by atoms with Crippen LogP contribution in [0.5, 0.6) is 0 Å². The maximum atomic E-state index is 12.7. The minimum Gasteiger partial charge on any atom is -0.363 e. The molecule has 0 spiro atoms. The predicted octanol–water partition coefficient (Wildman–Crippen LogP) is 0.867. The van der Waals surface area contributed by atoms with Crippen molar-refractivity contribution in [1.82, 2.24) is 20.3 Å². The first kappa shape index (κ1) is 18.0. The smallest absolute Gasteiger partial charge is 0.287 e. The highest BCUT2D eigenvalue weighted by molar-refractivity contribution is 6.38. The Kier molecular flexibility index (Phi) is 5.36. The van der Waals surface area contributed by atoms with Crippen LogP contribution in [0.15, 0.2) is 61.2 Å². The summed E-state index contributed by atoms with van der Waals surface area (Å²) in [5.41, 5.74) is 7.23. The third-order valence-electron chi connectivity index (χ3n) is 3.97. The molecule has 0 aliphatic rings. The number of nitrogens with zero attached hydrogens (tertiary/aromatic N) is 2. The lowest BCUT2D eigenvalue weighted by atomic mass is 10.0. The highest BCUT2D eigenvalue weighted by Gasteiger charge is 2.27. The molecule has 1 unspecified atom stereocenters. The van der Waals surface area contributed by atoms with Gasteiger partial charge < -0.3 is 16.0 Å². The third-order valence-corrected chi connectivity index (χ3v) is 3.97. The van der Waals surface area contributed by atoms with Crippen LogP contribution < -0.4 is 11.1 Å². The number of primary amides is 1. The van der Waals surface area contributed by atoms with Gasteiger partial charge in [0.15, 0.2) is 5.69 Å². The first-order valence-corrected chi connectivity index (χ1v) is 8.18. The van der Waals surface area contributed by atoms with Crippen molar-refractivity contribution in [2.24, 2.45) is 5.73 Å². The van der Waals surface area contributed by atoms with E-state index in [1.165, 1.54) is 6.33 Å². The van der Waals surface area contributed by atoms with Crippen molar-refractivity contribution in [2.45, 2.75) is 12.5 Å². The molecule has 8 heteroatoms. The molecule has 136 valence electrons.